The van der Waals surface area contributed by atoms with Gasteiger partial charge in [-0.3, -0.25) is 9.69 Å². The van der Waals surface area contributed by atoms with E-state index in [-0.39, 0.29) is 28.7 Å². The molecule has 9 nitrogen and oxygen atoms in total. The van der Waals surface area contributed by atoms with Crippen molar-refractivity contribution in [1.29, 1.82) is 0 Å². The van der Waals surface area contributed by atoms with Gasteiger partial charge in [0.1, 0.15) is 22.2 Å². The first-order chi connectivity index (χ1) is 15.8. The molecular weight excluding hydrogens is 493 g/mol. The van der Waals surface area contributed by atoms with E-state index in [4.69, 9.17) is 16.3 Å². The molecule has 1 aromatic carbocycles. The number of nitrogens with zero attached hydrogens (tertiary/aromatic N) is 4. The Morgan fingerprint density at radius 3 is 2.76 bits per heavy atom. The van der Waals surface area contributed by atoms with Gasteiger partial charge in [-0.25, -0.2) is 13.7 Å². The van der Waals surface area contributed by atoms with Gasteiger partial charge >= 0.3 is 10.2 Å². The van der Waals surface area contributed by atoms with Crippen LogP contribution in [0.15, 0.2) is 45.9 Å². The van der Waals surface area contributed by atoms with E-state index in [1.165, 1.54) is 35.7 Å². The minimum Gasteiger partial charge on any atom is -0.379 e. The van der Waals surface area contributed by atoms with Crippen LogP contribution in [0, 0.1) is 5.82 Å². The molecule has 176 valence electrons. The fraction of sp³-hybridized carbons (Fsp3) is 0.350. The highest BCUT2D eigenvalue weighted by atomic mass is 35.5. The van der Waals surface area contributed by atoms with E-state index in [2.05, 4.69) is 19.6 Å². The maximum atomic E-state index is 13.5. The van der Waals surface area contributed by atoms with Gasteiger partial charge in [-0.1, -0.05) is 11.6 Å². The van der Waals surface area contributed by atoms with Gasteiger partial charge in [-0.2, -0.15) is 8.42 Å². The topological polar surface area (TPSA) is 104 Å². The fourth-order valence-corrected chi connectivity index (χ4v) is 5.49. The summed E-state index contributed by atoms with van der Waals surface area (Å²) in [5.74, 6) is -1.31. The van der Waals surface area contributed by atoms with E-state index < -0.39 is 21.9 Å². The average Bonchev–Trinajstić information content (AvgIpc) is 3.32. The first-order valence-electron chi connectivity index (χ1n) is 10.1. The van der Waals surface area contributed by atoms with Crippen LogP contribution in [0.4, 0.5) is 10.1 Å². The molecule has 1 saturated heterocycles. The molecule has 3 heterocycles. The van der Waals surface area contributed by atoms with Gasteiger partial charge in [0, 0.05) is 43.4 Å². The summed E-state index contributed by atoms with van der Waals surface area (Å²) in [6.07, 6.45) is 3.42. The highest BCUT2D eigenvalue weighted by Crippen LogP contribution is 2.25. The minimum atomic E-state index is -4.17. The maximum Gasteiger partial charge on any atom is 0.345 e. The number of hydrogen-bond acceptors (Lipinski definition) is 7. The summed E-state index contributed by atoms with van der Waals surface area (Å²) < 4.78 is 49.7. The van der Waals surface area contributed by atoms with Crippen molar-refractivity contribution in [2.45, 2.75) is 6.42 Å². The summed E-state index contributed by atoms with van der Waals surface area (Å²) in [5, 5.41) is 4.49. The first kappa shape index (κ1) is 23.8. The van der Waals surface area contributed by atoms with Crippen LogP contribution in [0.3, 0.4) is 0 Å². The third-order valence-electron chi connectivity index (χ3n) is 5.04. The van der Waals surface area contributed by atoms with Crippen molar-refractivity contribution in [3.63, 3.8) is 0 Å². The minimum absolute atomic E-state index is 0.0672. The molecule has 0 aliphatic carbocycles. The summed E-state index contributed by atoms with van der Waals surface area (Å²) in [4.78, 5) is 19.4. The highest BCUT2D eigenvalue weighted by Gasteiger charge is 2.33. The second kappa shape index (κ2) is 10.3. The molecule has 13 heteroatoms. The Labute approximate surface area is 199 Å². The third-order valence-corrected chi connectivity index (χ3v) is 7.48. The van der Waals surface area contributed by atoms with Gasteiger partial charge < -0.3 is 10.1 Å². The molecule has 1 N–H and O–H groups in total. The number of halogens is 2. The van der Waals surface area contributed by atoms with E-state index in [1.54, 1.807) is 5.38 Å². The zero-order valence-electron chi connectivity index (χ0n) is 17.4. The van der Waals surface area contributed by atoms with Crippen LogP contribution in [0.1, 0.15) is 11.4 Å². The lowest BCUT2D eigenvalue weighted by atomic mass is 10.2. The van der Waals surface area contributed by atoms with E-state index in [0.717, 1.165) is 23.5 Å². The zero-order chi connectivity index (χ0) is 23.4. The summed E-state index contributed by atoms with van der Waals surface area (Å²) in [5.41, 5.74) is 0.214. The van der Waals surface area contributed by atoms with Gasteiger partial charge in [0.25, 0.3) is 5.91 Å². The molecule has 0 saturated carbocycles. The SMILES string of the molecule is O=C(Nc1ccc(F)c(Cl)c1)C1=CC(c2nccs2)=NS(=O)(=O)N1CCCN1CCOCC1. The number of carbonyl (C=O) groups is 1. The van der Waals surface area contributed by atoms with Gasteiger partial charge in [-0.05, 0) is 30.7 Å². The monoisotopic (exact) mass is 513 g/mol. The predicted octanol–water partition coefficient (Wildman–Crippen LogP) is 2.53. The maximum absolute atomic E-state index is 13.5. The summed E-state index contributed by atoms with van der Waals surface area (Å²) >= 11 is 7.01. The smallest absolute Gasteiger partial charge is 0.345 e. The van der Waals surface area contributed by atoms with Crippen molar-refractivity contribution in [2.75, 3.05) is 44.7 Å². The van der Waals surface area contributed by atoms with Crippen LogP contribution < -0.4 is 5.32 Å². The lowest BCUT2D eigenvalue weighted by Gasteiger charge is -2.30. The lowest BCUT2D eigenvalue weighted by Crippen LogP contribution is -2.41. The molecule has 0 radical (unpaired) electrons. The van der Waals surface area contributed by atoms with Gasteiger partial charge in [-0.15, -0.1) is 15.7 Å². The Balaban J connectivity index is 1.57. The number of morpholine rings is 1. The second-order valence-corrected chi connectivity index (χ2v) is 10.1. The van der Waals surface area contributed by atoms with Crippen molar-refractivity contribution in [1.82, 2.24) is 14.2 Å². The molecule has 0 atom stereocenters. The molecule has 1 amide bonds. The molecule has 0 bridgehead atoms. The van der Waals surface area contributed by atoms with E-state index in [9.17, 15) is 17.6 Å². The van der Waals surface area contributed by atoms with Crippen molar-refractivity contribution in [3.05, 3.63) is 57.4 Å². The standard InChI is InChI=1S/C20H21ClFN5O4S2/c21-15-12-14(2-3-16(15)22)24-19(28)18-13-17(20-23-4-11-32-20)25-33(29,30)27(18)6-1-5-26-7-9-31-10-8-26/h2-4,11-13H,1,5-10H2,(H,24,28). The molecule has 33 heavy (non-hydrogen) atoms. The summed E-state index contributed by atoms with van der Waals surface area (Å²) in [7, 11) is -4.17. The molecule has 2 aliphatic heterocycles. The van der Waals surface area contributed by atoms with Crippen LogP contribution >= 0.6 is 22.9 Å². The Hall–Kier alpha value is -2.38. The Kier molecular flexibility index (Phi) is 7.39. The molecular formula is C20H21ClFN5O4S2. The average molecular weight is 514 g/mol. The Bertz CT molecular complexity index is 1180. The second-order valence-electron chi connectivity index (χ2n) is 7.28. The number of aromatic nitrogens is 1. The number of anilines is 1. The number of amides is 1. The molecule has 1 fully saturated rings. The van der Waals surface area contributed by atoms with Crippen molar-refractivity contribution in [2.24, 2.45) is 4.40 Å². The fourth-order valence-electron chi connectivity index (χ4n) is 3.42. The third kappa shape index (κ3) is 5.76. The number of allylic oxidation sites excluding steroid dienone is 1. The van der Waals surface area contributed by atoms with E-state index in [0.29, 0.717) is 31.2 Å². The van der Waals surface area contributed by atoms with Crippen LogP contribution in [0.25, 0.3) is 0 Å². The van der Waals surface area contributed by atoms with Crippen LogP contribution in [0.5, 0.6) is 0 Å². The Morgan fingerprint density at radius 2 is 2.06 bits per heavy atom. The number of thiazole rings is 1. The van der Waals surface area contributed by atoms with Crippen LogP contribution in [0.2, 0.25) is 5.02 Å². The molecule has 4 rings (SSSR count). The molecule has 0 spiro atoms. The lowest BCUT2D eigenvalue weighted by molar-refractivity contribution is -0.113. The molecule has 2 aliphatic rings. The number of hydrogen-bond donors (Lipinski definition) is 1. The van der Waals surface area contributed by atoms with Crippen LogP contribution in [-0.4, -0.2) is 73.6 Å². The number of ether oxygens (including phenoxy) is 1. The van der Waals surface area contributed by atoms with Crippen molar-refractivity contribution in [3.8, 4) is 0 Å². The number of nitrogens with one attached hydrogen (secondary N) is 1. The predicted molar refractivity (Wildman–Crippen MR) is 124 cm³/mol. The first-order valence-corrected chi connectivity index (χ1v) is 12.8. The zero-order valence-corrected chi connectivity index (χ0v) is 19.8. The summed E-state index contributed by atoms with van der Waals surface area (Å²) in [6, 6.07) is 3.72. The Morgan fingerprint density at radius 1 is 1.27 bits per heavy atom. The largest absolute Gasteiger partial charge is 0.379 e. The number of benzene rings is 1. The van der Waals surface area contributed by atoms with E-state index >= 15 is 0 Å². The van der Waals surface area contributed by atoms with Crippen molar-refractivity contribution < 1.29 is 22.3 Å². The molecule has 0 unspecified atom stereocenters. The molecule has 1 aromatic heterocycles. The molecule has 2 aromatic rings. The van der Waals surface area contributed by atoms with Gasteiger partial charge in [0.15, 0.2) is 0 Å². The van der Waals surface area contributed by atoms with E-state index in [1.807, 2.05) is 0 Å². The normalized spacial score (nSPS) is 18.5. The number of rotatable bonds is 7. The van der Waals surface area contributed by atoms with Crippen molar-refractivity contribution >= 4 is 50.5 Å². The summed E-state index contributed by atoms with van der Waals surface area (Å²) in [6.45, 7) is 3.54. The van der Waals surface area contributed by atoms with Gasteiger partial charge in [0.05, 0.1) is 18.2 Å². The van der Waals surface area contributed by atoms with Crippen LogP contribution in [-0.2, 0) is 19.7 Å². The quantitative estimate of drug-likeness (QED) is 0.610. The van der Waals surface area contributed by atoms with Gasteiger partial charge in [0.2, 0.25) is 0 Å². The number of carbonyl (C=O) groups excluding carboxylic acids is 1. The highest BCUT2D eigenvalue weighted by molar-refractivity contribution is 7.88.